The first-order chi connectivity index (χ1) is 23.8. The summed E-state index contributed by atoms with van der Waals surface area (Å²) in [6.45, 7) is 0. The smallest absolute Gasteiger partial charge is 0.151 e. The normalized spacial score (nSPS) is 14.1. The van der Waals surface area contributed by atoms with Crippen molar-refractivity contribution < 1.29 is 4.42 Å². The molecule has 1 unspecified atom stereocenters. The lowest BCUT2D eigenvalue weighted by Crippen LogP contribution is -2.37. The van der Waals surface area contributed by atoms with Crippen LogP contribution in [0.3, 0.4) is 0 Å². The summed E-state index contributed by atoms with van der Waals surface area (Å²) in [6, 6.07) is 56.8. The molecule has 8 aromatic carbocycles. The fraction of sp³-hybridized carbons (Fsp3) is 0.0222. The van der Waals surface area contributed by atoms with Crippen molar-refractivity contribution in [2.45, 2.75) is 6.17 Å². The molecule has 226 valence electrons. The number of benzene rings is 8. The molecule has 1 aromatic heterocycles. The van der Waals surface area contributed by atoms with Gasteiger partial charge in [0.05, 0.1) is 5.69 Å². The first-order valence-corrected chi connectivity index (χ1v) is 16.5. The molecule has 2 heterocycles. The quantitative estimate of drug-likeness (QED) is 0.200. The summed E-state index contributed by atoms with van der Waals surface area (Å²) in [6.07, 6.45) is 4.16. The second-order valence-electron chi connectivity index (χ2n) is 12.6. The molecule has 0 saturated heterocycles. The molecule has 0 aliphatic carbocycles. The summed E-state index contributed by atoms with van der Waals surface area (Å²) in [5, 5.41) is 15.0. The van der Waals surface area contributed by atoms with Gasteiger partial charge in [0.2, 0.25) is 0 Å². The number of rotatable bonds is 4. The van der Waals surface area contributed by atoms with E-state index in [9.17, 15) is 0 Å². The van der Waals surface area contributed by atoms with Crippen molar-refractivity contribution in [3.63, 3.8) is 0 Å². The van der Waals surface area contributed by atoms with E-state index >= 15 is 0 Å². The molecule has 9 aromatic rings. The predicted octanol–water partition coefficient (Wildman–Crippen LogP) is 12.3. The minimum absolute atomic E-state index is 0.144. The fourth-order valence-corrected chi connectivity index (χ4v) is 7.55. The number of anilines is 3. The van der Waals surface area contributed by atoms with Gasteiger partial charge in [-0.25, -0.2) is 0 Å². The molecule has 10 rings (SSSR count). The molecule has 1 atom stereocenters. The van der Waals surface area contributed by atoms with Crippen molar-refractivity contribution in [2.24, 2.45) is 0 Å². The zero-order chi connectivity index (χ0) is 31.6. The second-order valence-corrected chi connectivity index (χ2v) is 12.6. The highest BCUT2D eigenvalue weighted by atomic mass is 16.3. The third-order valence-electron chi connectivity index (χ3n) is 9.86. The van der Waals surface area contributed by atoms with Crippen LogP contribution in [0.4, 0.5) is 17.1 Å². The van der Waals surface area contributed by atoms with E-state index in [2.05, 4.69) is 168 Å². The third kappa shape index (κ3) is 4.21. The molecule has 0 amide bonds. The largest absolute Gasteiger partial charge is 0.454 e. The van der Waals surface area contributed by atoms with E-state index in [0.29, 0.717) is 0 Å². The van der Waals surface area contributed by atoms with Gasteiger partial charge in [-0.3, -0.25) is 0 Å². The van der Waals surface area contributed by atoms with Crippen LogP contribution in [0.15, 0.2) is 168 Å². The van der Waals surface area contributed by atoms with E-state index in [0.717, 1.165) is 33.8 Å². The Morgan fingerprint density at radius 3 is 1.79 bits per heavy atom. The van der Waals surface area contributed by atoms with E-state index in [4.69, 9.17) is 4.42 Å². The predicted molar refractivity (Wildman–Crippen MR) is 203 cm³/mol. The number of hydrogen-bond donors (Lipinski definition) is 1. The molecule has 1 N–H and O–H groups in total. The molecule has 1 aliphatic heterocycles. The Labute approximate surface area is 278 Å². The number of hydrogen-bond acceptors (Lipinski definition) is 3. The number of nitrogens with one attached hydrogen (secondary N) is 1. The molecule has 0 saturated carbocycles. The monoisotopic (exact) mass is 614 g/mol. The Kier molecular flexibility index (Phi) is 5.94. The highest BCUT2D eigenvalue weighted by molar-refractivity contribution is 6.25. The maximum atomic E-state index is 6.20. The van der Waals surface area contributed by atoms with Crippen LogP contribution in [0.1, 0.15) is 5.76 Å². The van der Waals surface area contributed by atoms with Crippen molar-refractivity contribution in [3.05, 3.63) is 170 Å². The van der Waals surface area contributed by atoms with Gasteiger partial charge in [0.15, 0.2) is 5.76 Å². The highest BCUT2D eigenvalue weighted by Gasteiger charge is 2.26. The summed E-state index contributed by atoms with van der Waals surface area (Å²) in [5.41, 5.74) is 6.52. The van der Waals surface area contributed by atoms with Gasteiger partial charge in [-0.2, -0.15) is 0 Å². The van der Waals surface area contributed by atoms with Gasteiger partial charge in [-0.15, -0.1) is 0 Å². The lowest BCUT2D eigenvalue weighted by atomic mass is 9.94. The summed E-state index contributed by atoms with van der Waals surface area (Å²) in [4.78, 5) is 2.40. The highest BCUT2D eigenvalue weighted by Crippen LogP contribution is 2.42. The van der Waals surface area contributed by atoms with Crippen LogP contribution in [-0.4, -0.2) is 6.17 Å². The summed E-state index contributed by atoms with van der Waals surface area (Å²) in [5.74, 6) is 0.857. The van der Waals surface area contributed by atoms with Crippen molar-refractivity contribution in [1.82, 2.24) is 0 Å². The van der Waals surface area contributed by atoms with E-state index in [1.807, 2.05) is 12.1 Å². The average molecular weight is 615 g/mol. The fourth-order valence-electron chi connectivity index (χ4n) is 7.55. The zero-order valence-corrected chi connectivity index (χ0v) is 26.1. The molecule has 1 aliphatic rings. The summed E-state index contributed by atoms with van der Waals surface area (Å²) < 4.78 is 6.20. The average Bonchev–Trinajstić information content (AvgIpc) is 3.53. The van der Waals surface area contributed by atoms with Crippen molar-refractivity contribution >= 4 is 77.2 Å². The Bertz CT molecular complexity index is 2680. The van der Waals surface area contributed by atoms with E-state index in [1.165, 1.54) is 54.2 Å². The molecule has 3 heteroatoms. The third-order valence-corrected chi connectivity index (χ3v) is 9.86. The number of nitrogens with zero attached hydrogens (tertiary/aromatic N) is 1. The maximum absolute atomic E-state index is 6.20. The first kappa shape index (κ1) is 26.9. The van der Waals surface area contributed by atoms with Crippen molar-refractivity contribution in [1.29, 1.82) is 0 Å². The van der Waals surface area contributed by atoms with Crippen LogP contribution in [-0.2, 0) is 0 Å². The Morgan fingerprint density at radius 2 is 1.04 bits per heavy atom. The van der Waals surface area contributed by atoms with Crippen LogP contribution >= 0.6 is 0 Å². The van der Waals surface area contributed by atoms with Crippen molar-refractivity contribution in [3.8, 4) is 11.1 Å². The van der Waals surface area contributed by atoms with Gasteiger partial charge in [0.25, 0.3) is 0 Å². The molecule has 0 radical (unpaired) electrons. The molecule has 0 fully saturated rings. The van der Waals surface area contributed by atoms with Crippen LogP contribution in [0.2, 0.25) is 0 Å². The minimum atomic E-state index is -0.144. The minimum Gasteiger partial charge on any atom is -0.454 e. The second kappa shape index (κ2) is 10.6. The molecular formula is C45H30N2O. The molecule has 48 heavy (non-hydrogen) atoms. The number of fused-ring (bicyclic) bond motifs is 10. The maximum Gasteiger partial charge on any atom is 0.151 e. The van der Waals surface area contributed by atoms with Gasteiger partial charge < -0.3 is 14.6 Å². The van der Waals surface area contributed by atoms with Gasteiger partial charge in [-0.05, 0) is 109 Å². The van der Waals surface area contributed by atoms with Crippen LogP contribution in [0.25, 0.3) is 71.3 Å². The lowest BCUT2D eigenvalue weighted by Gasteiger charge is -2.35. The SMILES string of the molecule is C1=CC(N(c2ccc(-c3ccc4ccccc4c3)cc2)c2ccc3c4ccccc4c4ccccc4c3c2)Nc2c1oc1ccccc21. The summed E-state index contributed by atoms with van der Waals surface area (Å²) >= 11 is 0. The molecule has 3 nitrogen and oxygen atoms in total. The van der Waals surface area contributed by atoms with E-state index in [-0.39, 0.29) is 6.17 Å². The molecular weight excluding hydrogens is 585 g/mol. The topological polar surface area (TPSA) is 28.4 Å². The van der Waals surface area contributed by atoms with Gasteiger partial charge in [-0.1, -0.05) is 115 Å². The Balaban J connectivity index is 1.14. The van der Waals surface area contributed by atoms with Crippen molar-refractivity contribution in [2.75, 3.05) is 10.2 Å². The number of para-hydroxylation sites is 1. The van der Waals surface area contributed by atoms with Crippen LogP contribution < -0.4 is 10.2 Å². The Hall–Kier alpha value is -6.32. The zero-order valence-electron chi connectivity index (χ0n) is 26.1. The molecule has 0 bridgehead atoms. The van der Waals surface area contributed by atoms with Crippen LogP contribution in [0, 0.1) is 0 Å². The Morgan fingerprint density at radius 1 is 0.458 bits per heavy atom. The lowest BCUT2D eigenvalue weighted by molar-refractivity contribution is 0.602. The van der Waals surface area contributed by atoms with Crippen LogP contribution in [0.5, 0.6) is 0 Å². The summed E-state index contributed by atoms with van der Waals surface area (Å²) in [7, 11) is 0. The van der Waals surface area contributed by atoms with Gasteiger partial charge in [0.1, 0.15) is 11.7 Å². The van der Waals surface area contributed by atoms with Gasteiger partial charge in [0, 0.05) is 16.8 Å². The van der Waals surface area contributed by atoms with E-state index < -0.39 is 0 Å². The van der Waals surface area contributed by atoms with E-state index in [1.54, 1.807) is 0 Å². The first-order valence-electron chi connectivity index (χ1n) is 16.5. The molecule has 0 spiro atoms. The standard InChI is InChI=1S/C45H30N2O/c1-2-10-31-27-32(18-17-29(31)9-1)30-19-21-33(22-20-30)47(44-26-25-43-45(46-44)40-15-7-8-16-42(40)48-43)34-23-24-39-37-13-4-3-11-35(37)36-12-5-6-14-38(36)41(39)28-34/h1-28,44,46H. The van der Waals surface area contributed by atoms with Gasteiger partial charge >= 0.3 is 0 Å². The number of furan rings is 1.